The molecule has 1 amide bonds. The Bertz CT molecular complexity index is 640. The van der Waals surface area contributed by atoms with E-state index in [2.05, 4.69) is 10.4 Å². The summed E-state index contributed by atoms with van der Waals surface area (Å²) in [6, 6.07) is 8.01. The average molecular weight is 315 g/mol. The molecule has 0 saturated carbocycles. The van der Waals surface area contributed by atoms with E-state index in [9.17, 15) is 18.0 Å². The van der Waals surface area contributed by atoms with Gasteiger partial charge in [-0.1, -0.05) is 6.07 Å². The Morgan fingerprint density at radius 2 is 2.14 bits per heavy atom. The Morgan fingerprint density at radius 3 is 2.76 bits per heavy atom. The summed E-state index contributed by atoms with van der Waals surface area (Å²) >= 11 is 1.53. The van der Waals surface area contributed by atoms with Crippen molar-refractivity contribution >= 4 is 23.4 Å². The zero-order valence-electron chi connectivity index (χ0n) is 11.0. The topological polar surface area (TPSA) is 46.9 Å². The summed E-state index contributed by atoms with van der Waals surface area (Å²) in [5.41, 5.74) is -0.422. The quantitative estimate of drug-likeness (QED) is 0.881. The van der Waals surface area contributed by atoms with Gasteiger partial charge in [-0.2, -0.15) is 18.3 Å². The fraction of sp³-hybridized carbons (Fsp3) is 0.231. The summed E-state index contributed by atoms with van der Waals surface area (Å²) in [7, 11) is 0. The first kappa shape index (κ1) is 15.4. The van der Waals surface area contributed by atoms with Crippen molar-refractivity contribution in [3.05, 3.63) is 42.2 Å². The lowest BCUT2D eigenvalue weighted by Gasteiger charge is -2.07. The number of carbonyl (C=O) groups excluding carboxylic acids is 1. The minimum absolute atomic E-state index is 0.278. The van der Waals surface area contributed by atoms with Crippen LogP contribution in [0.4, 0.5) is 18.9 Å². The van der Waals surface area contributed by atoms with Crippen LogP contribution >= 0.6 is 11.8 Å². The van der Waals surface area contributed by atoms with Crippen LogP contribution in [0.2, 0.25) is 0 Å². The SMILES string of the molecule is CSc1cccc(NC(=O)Cn2ccc(C(F)(F)F)n2)c1. The monoisotopic (exact) mass is 315 g/mol. The van der Waals surface area contributed by atoms with E-state index in [0.29, 0.717) is 5.69 Å². The molecule has 0 fully saturated rings. The van der Waals surface area contributed by atoms with Gasteiger partial charge in [0.15, 0.2) is 5.69 Å². The van der Waals surface area contributed by atoms with Gasteiger partial charge in [-0.25, -0.2) is 0 Å². The van der Waals surface area contributed by atoms with Crippen LogP contribution in [0, 0.1) is 0 Å². The normalized spacial score (nSPS) is 11.4. The van der Waals surface area contributed by atoms with Crippen molar-refractivity contribution < 1.29 is 18.0 Å². The molecule has 0 aliphatic heterocycles. The largest absolute Gasteiger partial charge is 0.435 e. The molecule has 2 aromatic rings. The Kier molecular flexibility index (Phi) is 4.56. The molecule has 1 aromatic carbocycles. The molecule has 0 aliphatic carbocycles. The van der Waals surface area contributed by atoms with Gasteiger partial charge in [-0.3, -0.25) is 9.48 Å². The Balaban J connectivity index is 2.00. The number of carbonyl (C=O) groups is 1. The maximum absolute atomic E-state index is 12.4. The fourth-order valence-corrected chi connectivity index (χ4v) is 2.11. The highest BCUT2D eigenvalue weighted by molar-refractivity contribution is 7.98. The molecule has 0 radical (unpaired) electrons. The summed E-state index contributed by atoms with van der Waals surface area (Å²) < 4.78 is 38.1. The summed E-state index contributed by atoms with van der Waals surface area (Å²) in [5.74, 6) is -0.440. The number of thioether (sulfide) groups is 1. The van der Waals surface area contributed by atoms with Gasteiger partial charge in [0.05, 0.1) is 0 Å². The van der Waals surface area contributed by atoms with Gasteiger partial charge in [-0.15, -0.1) is 11.8 Å². The number of amides is 1. The zero-order valence-corrected chi connectivity index (χ0v) is 11.8. The van der Waals surface area contributed by atoms with E-state index >= 15 is 0 Å². The first-order chi connectivity index (χ1) is 9.88. The number of nitrogens with one attached hydrogen (secondary N) is 1. The molecular formula is C13H12F3N3OS. The fourth-order valence-electron chi connectivity index (χ4n) is 1.65. The van der Waals surface area contributed by atoms with Crippen LogP contribution in [-0.2, 0) is 17.5 Å². The van der Waals surface area contributed by atoms with Crippen LogP contribution in [0.25, 0.3) is 0 Å². The number of halogens is 3. The van der Waals surface area contributed by atoms with Crippen molar-refractivity contribution in [1.29, 1.82) is 0 Å². The highest BCUT2D eigenvalue weighted by Crippen LogP contribution is 2.27. The van der Waals surface area contributed by atoms with E-state index in [1.807, 2.05) is 12.3 Å². The first-order valence-corrected chi connectivity index (χ1v) is 7.15. The molecule has 0 spiro atoms. The van der Waals surface area contributed by atoms with Crippen molar-refractivity contribution in [2.45, 2.75) is 17.6 Å². The summed E-state index contributed by atoms with van der Waals surface area (Å²) in [6.45, 7) is -0.278. The average Bonchev–Trinajstić information content (AvgIpc) is 2.87. The lowest BCUT2D eigenvalue weighted by Crippen LogP contribution is -2.19. The molecule has 2 rings (SSSR count). The maximum atomic E-state index is 12.4. The van der Waals surface area contributed by atoms with Crippen molar-refractivity contribution in [2.75, 3.05) is 11.6 Å². The van der Waals surface area contributed by atoms with Gasteiger partial charge in [0, 0.05) is 16.8 Å². The predicted octanol–water partition coefficient (Wildman–Crippen LogP) is 3.26. The lowest BCUT2D eigenvalue weighted by molar-refractivity contribution is -0.141. The van der Waals surface area contributed by atoms with Crippen LogP contribution in [0.15, 0.2) is 41.4 Å². The number of hydrogen-bond donors (Lipinski definition) is 1. The molecule has 1 heterocycles. The summed E-state index contributed by atoms with van der Waals surface area (Å²) in [4.78, 5) is 12.8. The molecule has 112 valence electrons. The predicted molar refractivity (Wildman–Crippen MR) is 74.1 cm³/mol. The van der Waals surface area contributed by atoms with Gasteiger partial charge >= 0.3 is 6.18 Å². The standard InChI is InChI=1S/C13H12F3N3OS/c1-21-10-4-2-3-9(7-10)17-12(20)8-19-6-5-11(18-19)13(14,15)16/h2-7H,8H2,1H3,(H,17,20). The Hall–Kier alpha value is -1.96. The van der Waals surface area contributed by atoms with Gasteiger partial charge in [-0.05, 0) is 30.5 Å². The van der Waals surface area contributed by atoms with Crippen LogP contribution < -0.4 is 5.32 Å². The van der Waals surface area contributed by atoms with Gasteiger partial charge in [0.1, 0.15) is 6.54 Å². The molecule has 0 bridgehead atoms. The second-order valence-electron chi connectivity index (χ2n) is 4.18. The van der Waals surface area contributed by atoms with Gasteiger partial charge < -0.3 is 5.32 Å². The van der Waals surface area contributed by atoms with Crippen LogP contribution in [0.5, 0.6) is 0 Å². The summed E-state index contributed by atoms with van der Waals surface area (Å²) in [5, 5.41) is 5.94. The number of alkyl halides is 3. The van der Waals surface area contributed by atoms with Crippen LogP contribution in [0.1, 0.15) is 5.69 Å². The number of nitrogens with zero attached hydrogens (tertiary/aromatic N) is 2. The highest BCUT2D eigenvalue weighted by Gasteiger charge is 2.33. The minimum Gasteiger partial charge on any atom is -0.324 e. The van der Waals surface area contributed by atoms with E-state index in [0.717, 1.165) is 21.8 Å². The molecule has 1 N–H and O–H groups in total. The lowest BCUT2D eigenvalue weighted by atomic mass is 10.3. The second kappa shape index (κ2) is 6.21. The van der Waals surface area contributed by atoms with Crippen molar-refractivity contribution in [3.8, 4) is 0 Å². The minimum atomic E-state index is -4.51. The van der Waals surface area contributed by atoms with E-state index < -0.39 is 17.8 Å². The van der Waals surface area contributed by atoms with Crippen molar-refractivity contribution in [1.82, 2.24) is 9.78 Å². The van der Waals surface area contributed by atoms with Gasteiger partial charge in [0.2, 0.25) is 5.91 Å². The van der Waals surface area contributed by atoms with Crippen LogP contribution in [-0.4, -0.2) is 21.9 Å². The van der Waals surface area contributed by atoms with E-state index in [4.69, 9.17) is 0 Å². The van der Waals surface area contributed by atoms with E-state index in [-0.39, 0.29) is 6.54 Å². The molecule has 1 aromatic heterocycles. The van der Waals surface area contributed by atoms with E-state index in [1.165, 1.54) is 11.8 Å². The molecule has 0 aliphatic rings. The highest BCUT2D eigenvalue weighted by atomic mass is 32.2. The van der Waals surface area contributed by atoms with Crippen molar-refractivity contribution in [2.24, 2.45) is 0 Å². The van der Waals surface area contributed by atoms with Crippen LogP contribution in [0.3, 0.4) is 0 Å². The number of hydrogen-bond acceptors (Lipinski definition) is 3. The number of aromatic nitrogens is 2. The maximum Gasteiger partial charge on any atom is 0.435 e. The number of benzene rings is 1. The third-order valence-electron chi connectivity index (χ3n) is 2.59. The molecule has 0 saturated heterocycles. The Labute approximate surface area is 123 Å². The molecule has 21 heavy (non-hydrogen) atoms. The molecule has 0 atom stereocenters. The third kappa shape index (κ3) is 4.25. The number of rotatable bonds is 4. The Morgan fingerprint density at radius 1 is 1.38 bits per heavy atom. The summed E-state index contributed by atoms with van der Waals surface area (Å²) in [6.07, 6.45) is -1.47. The molecule has 4 nitrogen and oxygen atoms in total. The zero-order chi connectivity index (χ0) is 15.5. The van der Waals surface area contributed by atoms with Crippen molar-refractivity contribution in [3.63, 3.8) is 0 Å². The second-order valence-corrected chi connectivity index (χ2v) is 5.06. The molecular weight excluding hydrogens is 303 g/mol. The number of anilines is 1. The first-order valence-electron chi connectivity index (χ1n) is 5.93. The third-order valence-corrected chi connectivity index (χ3v) is 3.32. The van der Waals surface area contributed by atoms with E-state index in [1.54, 1.807) is 18.2 Å². The molecule has 0 unspecified atom stereocenters. The molecule has 8 heteroatoms. The smallest absolute Gasteiger partial charge is 0.324 e. The van der Waals surface area contributed by atoms with Gasteiger partial charge in [0.25, 0.3) is 0 Å².